The number of benzene rings is 2. The second-order valence-electron chi connectivity index (χ2n) is 4.43. The van der Waals surface area contributed by atoms with Crippen molar-refractivity contribution < 1.29 is 17.2 Å². The van der Waals surface area contributed by atoms with Crippen LogP contribution in [-0.2, 0) is 21.3 Å². The molecule has 112 valence electrons. The Morgan fingerprint density at radius 2 is 1.19 bits per heavy atom. The summed E-state index contributed by atoms with van der Waals surface area (Å²) in [7, 11) is -3.83. The summed E-state index contributed by atoms with van der Waals surface area (Å²) >= 11 is 11.6. The Morgan fingerprint density at radius 3 is 1.52 bits per heavy atom. The fourth-order valence-corrected chi connectivity index (χ4v) is 4.02. The van der Waals surface area contributed by atoms with Crippen LogP contribution in [0.2, 0.25) is 10.0 Å². The lowest BCUT2D eigenvalue weighted by Crippen LogP contribution is -2.11. The second kappa shape index (κ2) is 6.30. The molecule has 0 N–H and O–H groups in total. The Morgan fingerprint density at radius 1 is 0.810 bits per heavy atom. The summed E-state index contributed by atoms with van der Waals surface area (Å²) in [5.41, 5.74) is -0.266. The molecule has 0 aliphatic carbocycles. The van der Waals surface area contributed by atoms with Gasteiger partial charge in [0, 0.05) is 21.2 Å². The second-order valence-corrected chi connectivity index (χ2v) is 7.31. The molecular weight excluding hydrogens is 341 g/mol. The third-order valence-electron chi connectivity index (χ3n) is 2.85. The summed E-state index contributed by atoms with van der Waals surface area (Å²) in [6, 6.07) is 7.78. The molecule has 0 heterocycles. The highest BCUT2D eigenvalue weighted by Gasteiger charge is 2.21. The van der Waals surface area contributed by atoms with Gasteiger partial charge >= 0.3 is 0 Å². The lowest BCUT2D eigenvalue weighted by Gasteiger charge is -2.09. The van der Waals surface area contributed by atoms with Crippen LogP contribution in [0, 0.1) is 11.6 Å². The topological polar surface area (TPSA) is 34.1 Å². The monoisotopic (exact) mass is 350 g/mol. The summed E-state index contributed by atoms with van der Waals surface area (Å²) in [6.45, 7) is 0. The van der Waals surface area contributed by atoms with E-state index in [1.54, 1.807) is 0 Å². The molecule has 2 aromatic rings. The molecule has 0 unspecified atom stereocenters. The highest BCUT2D eigenvalue weighted by atomic mass is 35.5. The van der Waals surface area contributed by atoms with Gasteiger partial charge < -0.3 is 0 Å². The van der Waals surface area contributed by atoms with E-state index in [4.69, 9.17) is 23.2 Å². The maximum Gasteiger partial charge on any atom is 0.158 e. The SMILES string of the molecule is O=S(=O)(Cc1c(F)cccc1Cl)Cc1c(F)cccc1Cl. The predicted octanol–water partition coefficient (Wildman–Crippen LogP) is 4.39. The average Bonchev–Trinajstić information content (AvgIpc) is 2.39. The van der Waals surface area contributed by atoms with Gasteiger partial charge in [-0.05, 0) is 24.3 Å². The number of rotatable bonds is 4. The van der Waals surface area contributed by atoms with Crippen LogP contribution in [0.15, 0.2) is 36.4 Å². The van der Waals surface area contributed by atoms with E-state index in [0.717, 1.165) is 12.1 Å². The number of halogens is 4. The molecule has 0 fully saturated rings. The first-order chi connectivity index (χ1) is 9.80. The van der Waals surface area contributed by atoms with E-state index >= 15 is 0 Å². The van der Waals surface area contributed by atoms with E-state index in [2.05, 4.69) is 0 Å². The van der Waals surface area contributed by atoms with E-state index in [-0.39, 0.29) is 21.2 Å². The van der Waals surface area contributed by atoms with Crippen LogP contribution in [0.5, 0.6) is 0 Å². The van der Waals surface area contributed by atoms with Gasteiger partial charge in [-0.25, -0.2) is 17.2 Å². The first kappa shape index (κ1) is 16.2. The highest BCUT2D eigenvalue weighted by molar-refractivity contribution is 7.89. The van der Waals surface area contributed by atoms with E-state index in [1.165, 1.54) is 24.3 Å². The Labute approximate surface area is 131 Å². The molecule has 2 rings (SSSR count). The van der Waals surface area contributed by atoms with Crippen LogP contribution < -0.4 is 0 Å². The standard InChI is InChI=1S/C14H10Cl2F2O2S/c15-11-3-1-5-13(17)9(11)7-21(19,20)8-10-12(16)4-2-6-14(10)18/h1-6H,7-8H2. The predicted molar refractivity (Wildman–Crippen MR) is 79.1 cm³/mol. The fraction of sp³-hybridized carbons (Fsp3) is 0.143. The van der Waals surface area contributed by atoms with E-state index < -0.39 is 33.0 Å². The maximum absolute atomic E-state index is 13.6. The molecule has 2 aromatic carbocycles. The average molecular weight is 351 g/mol. The minimum Gasteiger partial charge on any atom is -0.228 e. The van der Waals surface area contributed by atoms with Gasteiger partial charge in [-0.2, -0.15) is 0 Å². The molecule has 2 nitrogen and oxygen atoms in total. The van der Waals surface area contributed by atoms with Crippen molar-refractivity contribution in [2.24, 2.45) is 0 Å². The van der Waals surface area contributed by atoms with Crippen molar-refractivity contribution in [3.8, 4) is 0 Å². The molecule has 0 aliphatic heterocycles. The van der Waals surface area contributed by atoms with E-state index in [1.807, 2.05) is 0 Å². The third-order valence-corrected chi connectivity index (χ3v) is 5.02. The van der Waals surface area contributed by atoms with Gasteiger partial charge in [0.25, 0.3) is 0 Å². The zero-order valence-electron chi connectivity index (χ0n) is 10.6. The molecule has 0 radical (unpaired) electrons. The smallest absolute Gasteiger partial charge is 0.158 e. The fourth-order valence-electron chi connectivity index (χ4n) is 1.83. The van der Waals surface area contributed by atoms with Gasteiger partial charge in [-0.3, -0.25) is 0 Å². The van der Waals surface area contributed by atoms with Crippen molar-refractivity contribution in [1.29, 1.82) is 0 Å². The van der Waals surface area contributed by atoms with Crippen molar-refractivity contribution in [2.75, 3.05) is 0 Å². The van der Waals surface area contributed by atoms with Gasteiger partial charge in [0.1, 0.15) is 11.6 Å². The summed E-state index contributed by atoms with van der Waals surface area (Å²) < 4.78 is 51.5. The normalized spacial score (nSPS) is 11.6. The lowest BCUT2D eigenvalue weighted by molar-refractivity contribution is 0.580. The maximum atomic E-state index is 13.6. The van der Waals surface area contributed by atoms with Crippen LogP contribution >= 0.6 is 23.2 Å². The molecular formula is C14H10Cl2F2O2S. The van der Waals surface area contributed by atoms with Crippen LogP contribution in [0.1, 0.15) is 11.1 Å². The van der Waals surface area contributed by atoms with Gasteiger partial charge in [-0.1, -0.05) is 35.3 Å². The molecule has 0 saturated heterocycles. The van der Waals surface area contributed by atoms with Crippen molar-refractivity contribution in [2.45, 2.75) is 11.5 Å². The molecule has 0 atom stereocenters. The third kappa shape index (κ3) is 3.93. The quantitative estimate of drug-likeness (QED) is 0.819. The van der Waals surface area contributed by atoms with Gasteiger partial charge in [-0.15, -0.1) is 0 Å². The molecule has 0 saturated carbocycles. The summed E-state index contributed by atoms with van der Waals surface area (Å²) in [5.74, 6) is -2.68. The number of sulfone groups is 1. The Balaban J connectivity index is 2.32. The number of hydrogen-bond acceptors (Lipinski definition) is 2. The van der Waals surface area contributed by atoms with Crippen molar-refractivity contribution in [1.82, 2.24) is 0 Å². The Bertz CT molecular complexity index is 677. The van der Waals surface area contributed by atoms with E-state index in [9.17, 15) is 17.2 Å². The minimum absolute atomic E-state index is 0.0122. The van der Waals surface area contributed by atoms with Crippen LogP contribution in [0.4, 0.5) is 8.78 Å². The molecule has 0 aliphatic rings. The Hall–Kier alpha value is -1.17. The lowest BCUT2D eigenvalue weighted by atomic mass is 10.2. The van der Waals surface area contributed by atoms with Crippen LogP contribution in [-0.4, -0.2) is 8.42 Å². The molecule has 21 heavy (non-hydrogen) atoms. The van der Waals surface area contributed by atoms with Gasteiger partial charge in [0.05, 0.1) is 11.5 Å². The minimum atomic E-state index is -3.83. The Kier molecular flexibility index (Phi) is 4.86. The molecule has 7 heteroatoms. The summed E-state index contributed by atoms with van der Waals surface area (Å²) in [5, 5.41) is 0.0245. The molecule has 0 amide bonds. The zero-order chi connectivity index (χ0) is 15.6. The van der Waals surface area contributed by atoms with Gasteiger partial charge in [0.15, 0.2) is 9.84 Å². The number of hydrogen-bond donors (Lipinski definition) is 0. The van der Waals surface area contributed by atoms with Crippen LogP contribution in [0.3, 0.4) is 0 Å². The van der Waals surface area contributed by atoms with Gasteiger partial charge in [0.2, 0.25) is 0 Å². The highest BCUT2D eigenvalue weighted by Crippen LogP contribution is 2.26. The first-order valence-electron chi connectivity index (χ1n) is 5.86. The van der Waals surface area contributed by atoms with Crippen molar-refractivity contribution in [3.63, 3.8) is 0 Å². The molecule has 0 aromatic heterocycles. The van der Waals surface area contributed by atoms with Crippen LogP contribution in [0.25, 0.3) is 0 Å². The zero-order valence-corrected chi connectivity index (χ0v) is 12.9. The van der Waals surface area contributed by atoms with E-state index in [0.29, 0.717) is 0 Å². The largest absolute Gasteiger partial charge is 0.228 e. The summed E-state index contributed by atoms with van der Waals surface area (Å²) in [6.07, 6.45) is 0. The molecule has 0 bridgehead atoms. The molecule has 0 spiro atoms. The van der Waals surface area contributed by atoms with Crippen molar-refractivity contribution in [3.05, 3.63) is 69.2 Å². The summed E-state index contributed by atoms with van der Waals surface area (Å²) in [4.78, 5) is 0. The first-order valence-corrected chi connectivity index (χ1v) is 8.44. The van der Waals surface area contributed by atoms with Crippen molar-refractivity contribution >= 4 is 33.0 Å².